The van der Waals surface area contributed by atoms with Crippen molar-refractivity contribution >= 4 is 27.1 Å². The second-order valence-corrected chi connectivity index (χ2v) is 11.7. The van der Waals surface area contributed by atoms with E-state index in [9.17, 15) is 13.2 Å². The second-order valence-electron chi connectivity index (χ2n) is 8.66. The highest BCUT2D eigenvalue weighted by Crippen LogP contribution is 2.29. The lowest BCUT2D eigenvalue weighted by Gasteiger charge is -2.19. The van der Waals surface area contributed by atoms with Crippen LogP contribution in [0.15, 0.2) is 64.9 Å². The molecule has 34 heavy (non-hydrogen) atoms. The maximum Gasteiger partial charge on any atom is 0.344 e. The van der Waals surface area contributed by atoms with Crippen LogP contribution in [0.4, 0.5) is 0 Å². The molecule has 0 N–H and O–H groups in total. The summed E-state index contributed by atoms with van der Waals surface area (Å²) in [4.78, 5) is 13.5. The average molecular weight is 497 g/mol. The number of benzene rings is 2. The smallest absolute Gasteiger partial charge is 0.344 e. The highest BCUT2D eigenvalue weighted by Gasteiger charge is 2.17. The molecular formula is C27H28O5S2. The molecule has 1 heterocycles. The van der Waals surface area contributed by atoms with E-state index in [-0.39, 0.29) is 17.3 Å². The Bertz CT molecular complexity index is 1310. The summed E-state index contributed by atoms with van der Waals surface area (Å²) in [5, 5.41) is 2.00. The third kappa shape index (κ3) is 7.21. The minimum Gasteiger partial charge on any atom is -0.481 e. The number of carbonyl (C=O) groups excluding carboxylic acids is 1. The third-order valence-corrected chi connectivity index (χ3v) is 7.40. The molecule has 3 rings (SSSR count). The van der Waals surface area contributed by atoms with Gasteiger partial charge in [0.15, 0.2) is 16.4 Å². The molecular weight excluding hydrogens is 468 g/mol. The van der Waals surface area contributed by atoms with Crippen LogP contribution in [0.2, 0.25) is 0 Å². The van der Waals surface area contributed by atoms with Crippen LogP contribution in [0, 0.1) is 11.8 Å². The Balaban J connectivity index is 1.92. The van der Waals surface area contributed by atoms with Crippen molar-refractivity contribution in [3.05, 3.63) is 71.1 Å². The third-order valence-electron chi connectivity index (χ3n) is 4.56. The molecule has 0 amide bonds. The number of carbonyl (C=O) groups is 1. The van der Waals surface area contributed by atoms with Crippen LogP contribution < -0.4 is 4.74 Å². The zero-order valence-electron chi connectivity index (χ0n) is 19.8. The topological polar surface area (TPSA) is 69.7 Å². The Morgan fingerprint density at radius 2 is 1.82 bits per heavy atom. The SMILES string of the molecule is CCCS(=O)(=O)c1cccc(C#Cc2cc(-c3cccs3)ccc2OCC(=O)OC(C)(C)C)c1. The van der Waals surface area contributed by atoms with Crippen molar-refractivity contribution in [2.75, 3.05) is 12.4 Å². The summed E-state index contributed by atoms with van der Waals surface area (Å²) in [6.45, 7) is 6.99. The highest BCUT2D eigenvalue weighted by atomic mass is 32.2. The van der Waals surface area contributed by atoms with Crippen molar-refractivity contribution in [2.24, 2.45) is 0 Å². The second kappa shape index (κ2) is 10.9. The molecule has 0 unspecified atom stereocenters. The predicted octanol–water partition coefficient (Wildman–Crippen LogP) is 5.72. The number of rotatable bonds is 7. The summed E-state index contributed by atoms with van der Waals surface area (Å²) in [5.74, 6) is 6.22. The van der Waals surface area contributed by atoms with Gasteiger partial charge in [0.05, 0.1) is 16.2 Å². The molecule has 0 spiro atoms. The summed E-state index contributed by atoms with van der Waals surface area (Å²) < 4.78 is 35.9. The summed E-state index contributed by atoms with van der Waals surface area (Å²) in [5.41, 5.74) is 1.55. The molecule has 0 atom stereocenters. The van der Waals surface area contributed by atoms with Gasteiger partial charge in [-0.2, -0.15) is 0 Å². The molecule has 0 fully saturated rings. The van der Waals surface area contributed by atoms with Crippen LogP contribution in [-0.4, -0.2) is 32.3 Å². The van der Waals surface area contributed by atoms with E-state index in [4.69, 9.17) is 9.47 Å². The van der Waals surface area contributed by atoms with Gasteiger partial charge in [-0.05, 0) is 80.6 Å². The van der Waals surface area contributed by atoms with Gasteiger partial charge in [0.1, 0.15) is 11.4 Å². The van der Waals surface area contributed by atoms with Gasteiger partial charge in [-0.1, -0.05) is 30.9 Å². The maximum atomic E-state index is 12.4. The first kappa shape index (κ1) is 25.5. The largest absolute Gasteiger partial charge is 0.481 e. The van der Waals surface area contributed by atoms with Gasteiger partial charge in [0.2, 0.25) is 0 Å². The first-order valence-corrected chi connectivity index (χ1v) is 13.5. The average Bonchev–Trinajstić information content (AvgIpc) is 3.30. The Labute approximate surface area is 205 Å². The molecule has 0 aliphatic heterocycles. The minimum atomic E-state index is -3.34. The van der Waals surface area contributed by atoms with Crippen LogP contribution in [0.5, 0.6) is 5.75 Å². The van der Waals surface area contributed by atoms with Crippen LogP contribution in [0.3, 0.4) is 0 Å². The Hall–Kier alpha value is -3.08. The zero-order valence-corrected chi connectivity index (χ0v) is 21.4. The molecule has 0 saturated carbocycles. The molecule has 5 nitrogen and oxygen atoms in total. The first-order valence-electron chi connectivity index (χ1n) is 10.9. The predicted molar refractivity (Wildman–Crippen MR) is 136 cm³/mol. The van der Waals surface area contributed by atoms with Crippen molar-refractivity contribution in [3.8, 4) is 28.0 Å². The van der Waals surface area contributed by atoms with Crippen molar-refractivity contribution in [3.63, 3.8) is 0 Å². The van der Waals surface area contributed by atoms with Crippen molar-refractivity contribution < 1.29 is 22.7 Å². The van der Waals surface area contributed by atoms with E-state index < -0.39 is 21.4 Å². The minimum absolute atomic E-state index is 0.0927. The lowest BCUT2D eigenvalue weighted by molar-refractivity contribution is -0.157. The van der Waals surface area contributed by atoms with Gasteiger partial charge < -0.3 is 9.47 Å². The van der Waals surface area contributed by atoms with Crippen LogP contribution in [0.1, 0.15) is 45.2 Å². The number of hydrogen-bond donors (Lipinski definition) is 0. The summed E-state index contributed by atoms with van der Waals surface area (Å²) >= 11 is 1.61. The number of thiophene rings is 1. The van der Waals surface area contributed by atoms with Gasteiger partial charge in [0.25, 0.3) is 0 Å². The number of hydrogen-bond acceptors (Lipinski definition) is 6. The lowest BCUT2D eigenvalue weighted by Crippen LogP contribution is -2.27. The number of ether oxygens (including phenoxy) is 2. The Morgan fingerprint density at radius 3 is 2.50 bits per heavy atom. The fourth-order valence-corrected chi connectivity index (χ4v) is 5.24. The van der Waals surface area contributed by atoms with E-state index >= 15 is 0 Å². The van der Waals surface area contributed by atoms with Crippen molar-refractivity contribution in [2.45, 2.75) is 44.6 Å². The molecule has 0 aliphatic carbocycles. The van der Waals surface area contributed by atoms with E-state index in [1.54, 1.807) is 62.4 Å². The molecule has 2 aromatic carbocycles. The van der Waals surface area contributed by atoms with Gasteiger partial charge in [-0.3, -0.25) is 0 Å². The molecule has 7 heteroatoms. The first-order chi connectivity index (χ1) is 16.1. The van der Waals surface area contributed by atoms with Gasteiger partial charge >= 0.3 is 5.97 Å². The van der Waals surface area contributed by atoms with Gasteiger partial charge in [-0.25, -0.2) is 13.2 Å². The van der Waals surface area contributed by atoms with Gasteiger partial charge in [0, 0.05) is 10.4 Å². The standard InChI is InChI=1S/C27H28O5S2/c1-5-16-34(29,30)23-9-6-8-20(17-23)11-12-21-18-22(25-10-7-15-33-25)13-14-24(21)31-19-26(28)32-27(2,3)4/h6-10,13-15,17-18H,5,16,19H2,1-4H3. The fraction of sp³-hybridized carbons (Fsp3) is 0.296. The summed E-state index contributed by atoms with van der Waals surface area (Å²) in [7, 11) is -3.34. The lowest BCUT2D eigenvalue weighted by atomic mass is 10.1. The molecule has 0 aliphatic rings. The summed E-state index contributed by atoms with van der Waals surface area (Å²) in [6, 6.07) is 16.2. The maximum absolute atomic E-state index is 12.4. The molecule has 0 radical (unpaired) electrons. The van der Waals surface area contributed by atoms with Gasteiger partial charge in [-0.15, -0.1) is 11.3 Å². The summed E-state index contributed by atoms with van der Waals surface area (Å²) in [6.07, 6.45) is 0.548. The van der Waals surface area contributed by atoms with Crippen LogP contribution in [-0.2, 0) is 19.4 Å². The number of esters is 1. The van der Waals surface area contributed by atoms with Crippen LogP contribution >= 0.6 is 11.3 Å². The number of sulfone groups is 1. The fourth-order valence-electron chi connectivity index (χ4n) is 3.15. The monoisotopic (exact) mass is 496 g/mol. The van der Waals surface area contributed by atoms with Crippen LogP contribution in [0.25, 0.3) is 10.4 Å². The molecule has 178 valence electrons. The normalized spacial score (nSPS) is 11.4. The molecule has 1 aromatic heterocycles. The van der Waals surface area contributed by atoms with E-state index in [0.29, 0.717) is 23.3 Å². The zero-order chi connectivity index (χ0) is 24.8. The molecule has 3 aromatic rings. The quantitative estimate of drug-likeness (QED) is 0.309. The highest BCUT2D eigenvalue weighted by molar-refractivity contribution is 7.91. The van der Waals surface area contributed by atoms with E-state index in [0.717, 1.165) is 10.4 Å². The molecule has 0 saturated heterocycles. The Morgan fingerprint density at radius 1 is 1.03 bits per heavy atom. The Kier molecular flexibility index (Phi) is 8.19. The van der Waals surface area contributed by atoms with Crippen molar-refractivity contribution in [1.82, 2.24) is 0 Å². The van der Waals surface area contributed by atoms with Crippen molar-refractivity contribution in [1.29, 1.82) is 0 Å². The van der Waals surface area contributed by atoms with E-state index in [1.165, 1.54) is 0 Å². The van der Waals surface area contributed by atoms with E-state index in [2.05, 4.69) is 11.8 Å². The molecule has 0 bridgehead atoms. The van der Waals surface area contributed by atoms with E-state index in [1.807, 2.05) is 36.6 Å².